The fourth-order valence-corrected chi connectivity index (χ4v) is 5.83. The van der Waals surface area contributed by atoms with Crippen LogP contribution >= 0.6 is 0 Å². The molecule has 4 rings (SSSR count). The number of halogens is 2. The molecule has 0 radical (unpaired) electrons. The first-order valence-electron chi connectivity index (χ1n) is 13.8. The zero-order valence-electron chi connectivity index (χ0n) is 25.4. The lowest BCUT2D eigenvalue weighted by molar-refractivity contribution is 0.0160. The monoisotopic (exact) mass is 672 g/mol. The number of hydrogen-bond acceptors (Lipinski definition) is 12. The first-order valence-corrected chi connectivity index (χ1v) is 17.0. The maximum atomic E-state index is 15.2. The standard InChI is InChI=1S/C26H34F2N8O7S2/c1-7-41-17(4)35-14-18(13-30-35)23-24(43-16(2)3)25-32-26(33-36(25)15-29-23)31-19-9-10-20(22(28)21(19)27)45(39,40)34(5)11-8-12-42-44(6,37)38/h9-10,13-17H,7-8,11-12H2,1-6H3,(H,31,33). The Morgan fingerprint density at radius 2 is 1.84 bits per heavy atom. The number of hydrogen-bond donors (Lipinski definition) is 1. The summed E-state index contributed by atoms with van der Waals surface area (Å²) in [5.41, 5.74) is 0.847. The van der Waals surface area contributed by atoms with Gasteiger partial charge in [0, 0.05) is 32.0 Å². The van der Waals surface area contributed by atoms with Crippen molar-refractivity contribution in [3.8, 4) is 17.0 Å². The molecule has 0 bridgehead atoms. The molecular weight excluding hydrogens is 638 g/mol. The Balaban J connectivity index is 1.60. The summed E-state index contributed by atoms with van der Waals surface area (Å²) in [6.07, 6.45) is 4.99. The van der Waals surface area contributed by atoms with E-state index in [4.69, 9.17) is 9.47 Å². The lowest BCUT2D eigenvalue weighted by atomic mass is 10.2. The van der Waals surface area contributed by atoms with Crippen molar-refractivity contribution in [2.75, 3.05) is 38.4 Å². The normalized spacial score (nSPS) is 13.2. The molecule has 0 saturated carbocycles. The van der Waals surface area contributed by atoms with Crippen LogP contribution in [0.2, 0.25) is 0 Å². The van der Waals surface area contributed by atoms with Crippen molar-refractivity contribution in [2.45, 2.75) is 51.3 Å². The second-order valence-electron chi connectivity index (χ2n) is 10.1. The van der Waals surface area contributed by atoms with Gasteiger partial charge in [0.1, 0.15) is 23.1 Å². The number of anilines is 2. The van der Waals surface area contributed by atoms with Crippen LogP contribution in [0.15, 0.2) is 35.7 Å². The van der Waals surface area contributed by atoms with E-state index < -0.39 is 42.4 Å². The maximum Gasteiger partial charge on any atom is 0.264 e. The van der Waals surface area contributed by atoms with E-state index in [2.05, 4.69) is 29.7 Å². The lowest BCUT2D eigenvalue weighted by Crippen LogP contribution is -2.29. The Morgan fingerprint density at radius 3 is 2.51 bits per heavy atom. The molecule has 246 valence electrons. The molecule has 0 aliphatic rings. The van der Waals surface area contributed by atoms with E-state index in [1.165, 1.54) is 10.8 Å². The SMILES string of the molecule is CCOC(C)n1cc(-c2ncn3nc(Nc4ccc(S(=O)(=O)N(C)CCCOS(C)(=O)=O)c(F)c4F)nc3c2OC(C)C)cn1. The zero-order valence-corrected chi connectivity index (χ0v) is 27.1. The molecule has 4 aromatic rings. The highest BCUT2D eigenvalue weighted by atomic mass is 32.2. The first kappa shape index (κ1) is 34.1. The quantitative estimate of drug-likeness (QED) is 0.144. The smallest absolute Gasteiger partial charge is 0.264 e. The summed E-state index contributed by atoms with van der Waals surface area (Å²) in [5, 5.41) is 11.2. The molecule has 3 aromatic heterocycles. The second-order valence-corrected chi connectivity index (χ2v) is 13.8. The van der Waals surface area contributed by atoms with Crippen LogP contribution in [-0.2, 0) is 29.1 Å². The van der Waals surface area contributed by atoms with E-state index in [9.17, 15) is 16.8 Å². The van der Waals surface area contributed by atoms with Crippen molar-refractivity contribution in [3.63, 3.8) is 0 Å². The Kier molecular flexibility index (Phi) is 10.4. The molecule has 3 heterocycles. The first-order chi connectivity index (χ1) is 21.1. The topological polar surface area (TPSA) is 172 Å². The highest BCUT2D eigenvalue weighted by Gasteiger charge is 2.28. The summed E-state index contributed by atoms with van der Waals surface area (Å²) in [6, 6.07) is 1.95. The second kappa shape index (κ2) is 13.7. The summed E-state index contributed by atoms with van der Waals surface area (Å²) in [7, 11) is -7.01. The molecule has 19 heteroatoms. The van der Waals surface area contributed by atoms with E-state index in [0.29, 0.717) is 17.9 Å². The number of benzene rings is 1. The van der Waals surface area contributed by atoms with Crippen LogP contribution in [0.1, 0.15) is 40.3 Å². The minimum atomic E-state index is -4.46. The van der Waals surface area contributed by atoms with E-state index in [0.717, 1.165) is 29.7 Å². The fourth-order valence-electron chi connectivity index (χ4n) is 4.15. The minimum absolute atomic E-state index is 0.0000866. The highest BCUT2D eigenvalue weighted by molar-refractivity contribution is 7.89. The van der Waals surface area contributed by atoms with Gasteiger partial charge in [-0.05, 0) is 46.2 Å². The molecule has 0 aliphatic carbocycles. The Morgan fingerprint density at radius 1 is 1.11 bits per heavy atom. The number of fused-ring (bicyclic) bond motifs is 1. The molecule has 45 heavy (non-hydrogen) atoms. The Hall–Kier alpha value is -3.78. The van der Waals surface area contributed by atoms with Gasteiger partial charge in [-0.15, -0.1) is 5.10 Å². The Labute approximate surface area is 259 Å². The number of sulfonamides is 1. The van der Waals surface area contributed by atoms with Gasteiger partial charge in [0.15, 0.2) is 17.4 Å². The van der Waals surface area contributed by atoms with Crippen molar-refractivity contribution in [3.05, 3.63) is 42.5 Å². The summed E-state index contributed by atoms with van der Waals surface area (Å²) < 4.78 is 98.2. The Bertz CT molecular complexity index is 1880. The molecule has 0 spiro atoms. The van der Waals surface area contributed by atoms with E-state index in [1.807, 2.05) is 27.7 Å². The van der Waals surface area contributed by atoms with Crippen molar-refractivity contribution < 1.29 is 39.3 Å². The average Bonchev–Trinajstić information content (AvgIpc) is 3.61. The summed E-state index contributed by atoms with van der Waals surface area (Å²) in [5.74, 6) is -2.96. The molecule has 0 fully saturated rings. The lowest BCUT2D eigenvalue weighted by Gasteiger charge is -2.18. The molecule has 0 saturated heterocycles. The zero-order chi connectivity index (χ0) is 33.1. The van der Waals surface area contributed by atoms with Crippen LogP contribution in [0.4, 0.5) is 20.4 Å². The number of rotatable bonds is 15. The van der Waals surface area contributed by atoms with Gasteiger partial charge >= 0.3 is 0 Å². The van der Waals surface area contributed by atoms with Crippen LogP contribution in [0.25, 0.3) is 16.9 Å². The van der Waals surface area contributed by atoms with Gasteiger partial charge in [-0.25, -0.2) is 31.2 Å². The van der Waals surface area contributed by atoms with Crippen LogP contribution in [-0.4, -0.2) is 89.7 Å². The highest BCUT2D eigenvalue weighted by Crippen LogP contribution is 2.34. The molecule has 1 N–H and O–H groups in total. The van der Waals surface area contributed by atoms with Crippen molar-refractivity contribution >= 4 is 37.4 Å². The molecule has 1 aromatic carbocycles. The van der Waals surface area contributed by atoms with Crippen LogP contribution in [0.5, 0.6) is 5.75 Å². The predicted molar refractivity (Wildman–Crippen MR) is 159 cm³/mol. The average molecular weight is 673 g/mol. The maximum absolute atomic E-state index is 15.2. The summed E-state index contributed by atoms with van der Waals surface area (Å²) in [6.45, 7) is 7.39. The van der Waals surface area contributed by atoms with Gasteiger partial charge in [-0.2, -0.15) is 23.0 Å². The number of nitrogens with zero attached hydrogens (tertiary/aromatic N) is 7. The third-order valence-electron chi connectivity index (χ3n) is 6.25. The minimum Gasteiger partial charge on any atom is -0.485 e. The van der Waals surface area contributed by atoms with Crippen molar-refractivity contribution in [1.82, 2.24) is 33.7 Å². The fraction of sp³-hybridized carbons (Fsp3) is 0.462. The van der Waals surface area contributed by atoms with E-state index in [1.54, 1.807) is 17.1 Å². The van der Waals surface area contributed by atoms with Crippen LogP contribution in [0, 0.1) is 11.6 Å². The van der Waals surface area contributed by atoms with Gasteiger partial charge in [-0.3, -0.25) is 4.18 Å². The van der Waals surface area contributed by atoms with Crippen LogP contribution < -0.4 is 10.1 Å². The molecule has 0 aliphatic heterocycles. The number of ether oxygens (including phenoxy) is 2. The number of aromatic nitrogens is 6. The van der Waals surface area contributed by atoms with Gasteiger partial charge in [0.05, 0.1) is 30.9 Å². The predicted octanol–water partition coefficient (Wildman–Crippen LogP) is 3.34. The van der Waals surface area contributed by atoms with E-state index in [-0.39, 0.29) is 49.2 Å². The van der Waals surface area contributed by atoms with Gasteiger partial charge < -0.3 is 14.8 Å². The largest absolute Gasteiger partial charge is 0.485 e. The molecule has 15 nitrogen and oxygen atoms in total. The van der Waals surface area contributed by atoms with E-state index >= 15 is 8.78 Å². The third-order valence-corrected chi connectivity index (χ3v) is 8.72. The van der Waals surface area contributed by atoms with Gasteiger partial charge in [0.2, 0.25) is 21.6 Å². The summed E-state index contributed by atoms with van der Waals surface area (Å²) >= 11 is 0. The third kappa shape index (κ3) is 7.90. The van der Waals surface area contributed by atoms with Crippen LogP contribution in [0.3, 0.4) is 0 Å². The molecule has 1 atom stereocenters. The van der Waals surface area contributed by atoms with Gasteiger partial charge in [0.25, 0.3) is 10.1 Å². The molecule has 1 unspecified atom stereocenters. The molecule has 0 amide bonds. The molecular formula is C26H34F2N8O7S2. The summed E-state index contributed by atoms with van der Waals surface area (Å²) in [4.78, 5) is 7.96. The van der Waals surface area contributed by atoms with Gasteiger partial charge in [-0.1, -0.05) is 0 Å². The number of nitrogens with one attached hydrogen (secondary N) is 1. The van der Waals surface area contributed by atoms with Crippen molar-refractivity contribution in [2.24, 2.45) is 0 Å². The van der Waals surface area contributed by atoms with Crippen molar-refractivity contribution in [1.29, 1.82) is 0 Å².